The van der Waals surface area contributed by atoms with Crippen molar-refractivity contribution in [2.45, 2.75) is 38.6 Å². The molecule has 0 aliphatic carbocycles. The largest absolute Gasteiger partial charge is 0.380 e. The number of rotatable bonds is 7. The van der Waals surface area contributed by atoms with Crippen LogP contribution in [0.4, 0.5) is 0 Å². The van der Waals surface area contributed by atoms with Crippen molar-refractivity contribution < 1.29 is 17.9 Å². The van der Waals surface area contributed by atoms with Crippen molar-refractivity contribution in [3.8, 4) is 0 Å². The summed E-state index contributed by atoms with van der Waals surface area (Å²) in [6, 6.07) is 10.6. The first kappa shape index (κ1) is 22.4. The standard InChI is InChI=1S/C22H26N2O4S2/c1-5-28-11-10-24-19-12-15(2)16(3)13-20(19)29-22(24)23-21(25)14-17-6-8-18(9-7-17)30(4,26)27/h6-9,12-13H,5,10-11,14H2,1-4H3. The predicted molar refractivity (Wildman–Crippen MR) is 120 cm³/mol. The van der Waals surface area contributed by atoms with Gasteiger partial charge in [0.1, 0.15) is 0 Å². The average Bonchev–Trinajstić information content (AvgIpc) is 2.98. The molecule has 1 heterocycles. The van der Waals surface area contributed by atoms with Crippen molar-refractivity contribution >= 4 is 37.3 Å². The first-order valence-electron chi connectivity index (χ1n) is 9.74. The molecular weight excluding hydrogens is 420 g/mol. The topological polar surface area (TPSA) is 77.7 Å². The van der Waals surface area contributed by atoms with Crippen LogP contribution in [0.1, 0.15) is 23.6 Å². The molecule has 3 rings (SSSR count). The summed E-state index contributed by atoms with van der Waals surface area (Å²) in [6.45, 7) is 7.89. The van der Waals surface area contributed by atoms with Crippen molar-refractivity contribution in [2.24, 2.45) is 4.99 Å². The Labute approximate surface area is 180 Å². The summed E-state index contributed by atoms with van der Waals surface area (Å²) in [5, 5.41) is 0. The number of benzene rings is 2. The Kier molecular flexibility index (Phi) is 6.90. The summed E-state index contributed by atoms with van der Waals surface area (Å²) in [6.07, 6.45) is 1.27. The molecule has 0 radical (unpaired) electrons. The number of hydrogen-bond donors (Lipinski definition) is 0. The monoisotopic (exact) mass is 446 g/mol. The molecule has 1 amide bonds. The molecule has 0 aliphatic heterocycles. The van der Waals surface area contributed by atoms with Crippen LogP contribution in [0.2, 0.25) is 0 Å². The van der Waals surface area contributed by atoms with Gasteiger partial charge in [0.25, 0.3) is 5.91 Å². The molecule has 1 aromatic heterocycles. The molecule has 0 aliphatic rings. The number of amides is 1. The van der Waals surface area contributed by atoms with E-state index >= 15 is 0 Å². The molecular formula is C22H26N2O4S2. The van der Waals surface area contributed by atoms with Gasteiger partial charge in [-0.2, -0.15) is 4.99 Å². The summed E-state index contributed by atoms with van der Waals surface area (Å²) in [5.41, 5.74) is 4.16. The average molecular weight is 447 g/mol. The van der Waals surface area contributed by atoms with Crippen LogP contribution < -0.4 is 4.80 Å². The summed E-state index contributed by atoms with van der Waals surface area (Å²) in [4.78, 5) is 17.9. The fraction of sp³-hybridized carbons (Fsp3) is 0.364. The van der Waals surface area contributed by atoms with E-state index in [1.807, 2.05) is 11.5 Å². The molecule has 6 nitrogen and oxygen atoms in total. The van der Waals surface area contributed by atoms with Gasteiger partial charge in [-0.25, -0.2) is 8.42 Å². The normalized spacial score (nSPS) is 12.6. The Morgan fingerprint density at radius 3 is 2.43 bits per heavy atom. The number of aromatic nitrogens is 1. The molecule has 3 aromatic rings. The third kappa shape index (κ3) is 5.24. The molecule has 0 fully saturated rings. The van der Waals surface area contributed by atoms with Crippen LogP contribution in [0.3, 0.4) is 0 Å². The molecule has 8 heteroatoms. The van der Waals surface area contributed by atoms with Gasteiger partial charge in [-0.15, -0.1) is 0 Å². The first-order valence-corrected chi connectivity index (χ1v) is 12.4. The maximum Gasteiger partial charge on any atom is 0.252 e. The van der Waals surface area contributed by atoms with E-state index in [-0.39, 0.29) is 17.2 Å². The van der Waals surface area contributed by atoms with E-state index in [4.69, 9.17) is 4.74 Å². The van der Waals surface area contributed by atoms with Gasteiger partial charge in [0.2, 0.25) is 0 Å². The lowest BCUT2D eigenvalue weighted by molar-refractivity contribution is -0.117. The van der Waals surface area contributed by atoms with Gasteiger partial charge in [0.15, 0.2) is 14.6 Å². The number of hydrogen-bond acceptors (Lipinski definition) is 5. The van der Waals surface area contributed by atoms with Crippen LogP contribution in [0.25, 0.3) is 10.2 Å². The second-order valence-corrected chi connectivity index (χ2v) is 10.3. The minimum Gasteiger partial charge on any atom is -0.380 e. The van der Waals surface area contributed by atoms with E-state index in [9.17, 15) is 13.2 Å². The van der Waals surface area contributed by atoms with Crippen LogP contribution in [-0.4, -0.2) is 38.4 Å². The molecule has 0 saturated carbocycles. The molecule has 160 valence electrons. The number of ether oxygens (including phenoxy) is 1. The van der Waals surface area contributed by atoms with Gasteiger partial charge >= 0.3 is 0 Å². The maximum atomic E-state index is 12.6. The minimum absolute atomic E-state index is 0.113. The van der Waals surface area contributed by atoms with E-state index in [2.05, 4.69) is 31.0 Å². The Balaban J connectivity index is 1.93. The predicted octanol–water partition coefficient (Wildman–Crippen LogP) is 3.43. The number of fused-ring (bicyclic) bond motifs is 1. The van der Waals surface area contributed by atoms with Gasteiger partial charge < -0.3 is 9.30 Å². The van der Waals surface area contributed by atoms with Crippen molar-refractivity contribution in [1.29, 1.82) is 0 Å². The van der Waals surface area contributed by atoms with Crippen LogP contribution in [-0.2, 0) is 32.3 Å². The lowest BCUT2D eigenvalue weighted by atomic mass is 10.1. The SMILES string of the molecule is CCOCCn1c(=NC(=O)Cc2ccc(S(C)(=O)=O)cc2)sc2cc(C)c(C)cc21. The van der Waals surface area contributed by atoms with E-state index in [0.29, 0.717) is 24.6 Å². The zero-order valence-electron chi connectivity index (χ0n) is 17.6. The highest BCUT2D eigenvalue weighted by Crippen LogP contribution is 2.22. The summed E-state index contributed by atoms with van der Waals surface area (Å²) >= 11 is 1.49. The molecule has 0 unspecified atom stereocenters. The van der Waals surface area contributed by atoms with Crippen LogP contribution >= 0.6 is 11.3 Å². The minimum atomic E-state index is -3.26. The highest BCUT2D eigenvalue weighted by atomic mass is 32.2. The number of carbonyl (C=O) groups excluding carboxylic acids is 1. The number of nitrogens with zero attached hydrogens (tertiary/aromatic N) is 2. The smallest absolute Gasteiger partial charge is 0.252 e. The van der Waals surface area contributed by atoms with Gasteiger partial charge in [0.05, 0.1) is 28.1 Å². The first-order chi connectivity index (χ1) is 14.2. The Morgan fingerprint density at radius 2 is 1.80 bits per heavy atom. The fourth-order valence-corrected chi connectivity index (χ4v) is 4.88. The summed E-state index contributed by atoms with van der Waals surface area (Å²) in [7, 11) is -3.26. The Morgan fingerprint density at radius 1 is 1.13 bits per heavy atom. The van der Waals surface area contributed by atoms with Crippen molar-refractivity contribution in [2.75, 3.05) is 19.5 Å². The highest BCUT2D eigenvalue weighted by Gasteiger charge is 2.11. The number of aryl methyl sites for hydroxylation is 2. The van der Waals surface area contributed by atoms with Crippen LogP contribution in [0, 0.1) is 13.8 Å². The fourth-order valence-electron chi connectivity index (χ4n) is 3.10. The molecule has 0 N–H and O–H groups in total. The lowest BCUT2D eigenvalue weighted by Crippen LogP contribution is -2.20. The lowest BCUT2D eigenvalue weighted by Gasteiger charge is -2.07. The number of thiazole rings is 1. The van der Waals surface area contributed by atoms with E-state index < -0.39 is 9.84 Å². The van der Waals surface area contributed by atoms with Crippen LogP contribution in [0.15, 0.2) is 46.3 Å². The summed E-state index contributed by atoms with van der Waals surface area (Å²) < 4.78 is 31.8. The molecule has 0 spiro atoms. The maximum absolute atomic E-state index is 12.6. The van der Waals surface area contributed by atoms with Crippen molar-refractivity contribution in [3.05, 3.63) is 57.9 Å². The molecule has 0 atom stereocenters. The zero-order valence-corrected chi connectivity index (χ0v) is 19.3. The van der Waals surface area contributed by atoms with Gasteiger partial charge in [-0.1, -0.05) is 23.5 Å². The van der Waals surface area contributed by atoms with E-state index in [1.54, 1.807) is 12.1 Å². The van der Waals surface area contributed by atoms with E-state index in [1.165, 1.54) is 34.6 Å². The number of carbonyl (C=O) groups is 1. The van der Waals surface area contributed by atoms with Crippen molar-refractivity contribution in [1.82, 2.24) is 4.57 Å². The van der Waals surface area contributed by atoms with Gasteiger partial charge in [-0.05, 0) is 61.7 Å². The third-order valence-corrected chi connectivity index (χ3v) is 7.06. The zero-order chi connectivity index (χ0) is 21.9. The van der Waals surface area contributed by atoms with Gasteiger partial charge in [0, 0.05) is 19.4 Å². The third-order valence-electron chi connectivity index (χ3n) is 4.89. The highest BCUT2D eigenvalue weighted by molar-refractivity contribution is 7.90. The Hall–Kier alpha value is -2.29. The molecule has 0 saturated heterocycles. The molecule has 2 aromatic carbocycles. The Bertz CT molecular complexity index is 1240. The second-order valence-electron chi connectivity index (χ2n) is 7.24. The number of sulfone groups is 1. The molecule has 0 bridgehead atoms. The van der Waals surface area contributed by atoms with Crippen LogP contribution in [0.5, 0.6) is 0 Å². The van der Waals surface area contributed by atoms with Gasteiger partial charge in [-0.3, -0.25) is 4.79 Å². The second kappa shape index (κ2) is 9.24. The molecule has 30 heavy (non-hydrogen) atoms. The summed E-state index contributed by atoms with van der Waals surface area (Å²) in [5.74, 6) is -0.271. The quantitative estimate of drug-likeness (QED) is 0.521. The van der Waals surface area contributed by atoms with Crippen molar-refractivity contribution in [3.63, 3.8) is 0 Å². The van der Waals surface area contributed by atoms with E-state index in [0.717, 1.165) is 22.0 Å².